The Bertz CT molecular complexity index is 1080. The molecule has 2 aliphatic carbocycles. The Hall–Kier alpha value is -2.74. The second-order valence-corrected chi connectivity index (χ2v) is 10.6. The maximum Gasteiger partial charge on any atom is 0.258 e. The molecule has 2 aliphatic rings. The fourth-order valence-corrected chi connectivity index (χ4v) is 4.63. The highest BCUT2D eigenvalue weighted by atomic mass is 32.2. The van der Waals surface area contributed by atoms with Gasteiger partial charge in [0.05, 0.1) is 6.04 Å². The van der Waals surface area contributed by atoms with E-state index < -0.39 is 9.84 Å². The fraction of sp³-hybridized carbons (Fsp3) is 0.458. The summed E-state index contributed by atoms with van der Waals surface area (Å²) in [7, 11) is -3.28. The van der Waals surface area contributed by atoms with E-state index in [1.165, 1.54) is 6.20 Å². The van der Waals surface area contributed by atoms with Crippen LogP contribution < -0.4 is 10.1 Å². The van der Waals surface area contributed by atoms with E-state index in [2.05, 4.69) is 15.3 Å². The van der Waals surface area contributed by atoms with Gasteiger partial charge in [-0.25, -0.2) is 13.4 Å². The second-order valence-electron chi connectivity index (χ2n) is 8.69. The Labute approximate surface area is 189 Å². The molecule has 0 aliphatic heterocycles. The fourth-order valence-electron chi connectivity index (χ4n) is 4.17. The Kier molecular flexibility index (Phi) is 6.89. The van der Waals surface area contributed by atoms with Gasteiger partial charge in [-0.05, 0) is 43.7 Å². The highest BCUT2D eigenvalue weighted by molar-refractivity contribution is 7.93. The summed E-state index contributed by atoms with van der Waals surface area (Å²) in [6.07, 6.45) is 11.6. The van der Waals surface area contributed by atoms with Crippen molar-refractivity contribution in [2.45, 2.75) is 56.9 Å². The van der Waals surface area contributed by atoms with Crippen molar-refractivity contribution in [3.8, 4) is 11.6 Å². The van der Waals surface area contributed by atoms with Crippen LogP contribution in [0.25, 0.3) is 0 Å². The van der Waals surface area contributed by atoms with Crippen LogP contribution in [0.15, 0.2) is 48.0 Å². The highest BCUT2D eigenvalue weighted by Gasteiger charge is 2.29. The summed E-state index contributed by atoms with van der Waals surface area (Å²) in [5.41, 5.74) is 0.243. The van der Waals surface area contributed by atoms with E-state index in [-0.39, 0.29) is 35.2 Å². The molecule has 1 heterocycles. The molecule has 1 aromatic carbocycles. The first-order chi connectivity index (χ1) is 15.4. The molecule has 2 fully saturated rings. The zero-order valence-electron chi connectivity index (χ0n) is 18.2. The third-order valence-corrected chi connectivity index (χ3v) is 6.84. The van der Waals surface area contributed by atoms with Crippen molar-refractivity contribution in [1.82, 2.24) is 15.3 Å². The van der Waals surface area contributed by atoms with Crippen LogP contribution in [0.5, 0.6) is 11.6 Å². The first-order valence-corrected chi connectivity index (χ1v) is 13.1. The molecule has 0 spiro atoms. The van der Waals surface area contributed by atoms with Gasteiger partial charge in [0, 0.05) is 23.8 Å². The number of carbonyl (C=O) groups is 1. The molecule has 7 nitrogen and oxygen atoms in total. The summed E-state index contributed by atoms with van der Waals surface area (Å²) in [5.74, 6) is 1.65. The number of nitrogens with one attached hydrogen (secondary N) is 1. The van der Waals surface area contributed by atoms with Crippen LogP contribution in [0.2, 0.25) is 0 Å². The van der Waals surface area contributed by atoms with E-state index in [4.69, 9.17) is 4.74 Å². The highest BCUT2D eigenvalue weighted by Crippen LogP contribution is 2.34. The number of ether oxygens (including phenoxy) is 1. The topological polar surface area (TPSA) is 98.2 Å². The van der Waals surface area contributed by atoms with Crippen molar-refractivity contribution >= 4 is 15.7 Å². The van der Waals surface area contributed by atoms with Gasteiger partial charge in [0.2, 0.25) is 5.88 Å². The smallest absolute Gasteiger partial charge is 0.258 e. The molecule has 2 aromatic rings. The summed E-state index contributed by atoms with van der Waals surface area (Å²) in [6.45, 7) is 0. The number of para-hydroxylation sites is 1. The predicted molar refractivity (Wildman–Crippen MR) is 122 cm³/mol. The molecule has 0 saturated heterocycles. The van der Waals surface area contributed by atoms with Crippen molar-refractivity contribution in [2.24, 2.45) is 5.92 Å². The van der Waals surface area contributed by atoms with Crippen LogP contribution in [0, 0.1) is 5.92 Å². The standard InChI is InChI=1S/C24H29N3O4S/c1-32(29,30)15-14-21(17-10-7-11-17)26-23(28)20-16-25-22(18-8-5-6-9-18)27-24(20)31-19-12-3-2-4-13-19/h2-4,12-18,21H,5-11H2,1H3,(H,26,28)/b15-14+/t21-/m1/s1. The SMILES string of the molecule is CS(=O)(=O)/C=C/[C@@H](NC(=O)c1cnc(C2CCCC2)nc1Oc1ccccc1)C1CCC1. The largest absolute Gasteiger partial charge is 0.438 e. The lowest BCUT2D eigenvalue weighted by molar-refractivity contribution is 0.0915. The van der Waals surface area contributed by atoms with Gasteiger partial charge in [0.1, 0.15) is 17.1 Å². The Balaban J connectivity index is 1.61. The molecular formula is C24H29N3O4S. The molecule has 0 unspecified atom stereocenters. The summed E-state index contributed by atoms with van der Waals surface area (Å²) < 4.78 is 29.2. The molecule has 1 N–H and O–H groups in total. The Morgan fingerprint density at radius 1 is 1.12 bits per heavy atom. The number of aromatic nitrogens is 2. The van der Waals surface area contributed by atoms with Crippen LogP contribution in [0.3, 0.4) is 0 Å². The third kappa shape index (κ3) is 5.73. The van der Waals surface area contributed by atoms with Crippen LogP contribution in [-0.4, -0.2) is 36.6 Å². The maximum atomic E-state index is 13.2. The lowest BCUT2D eigenvalue weighted by atomic mass is 9.79. The zero-order chi connectivity index (χ0) is 22.6. The predicted octanol–water partition coefficient (Wildman–Crippen LogP) is 4.38. The number of rotatable bonds is 8. The van der Waals surface area contributed by atoms with Crippen molar-refractivity contribution in [3.05, 3.63) is 59.4 Å². The molecular weight excluding hydrogens is 426 g/mol. The first kappa shape index (κ1) is 22.5. The molecule has 1 amide bonds. The number of benzene rings is 1. The van der Waals surface area contributed by atoms with Gasteiger partial charge in [-0.3, -0.25) is 4.79 Å². The van der Waals surface area contributed by atoms with Gasteiger partial charge in [-0.15, -0.1) is 0 Å². The van der Waals surface area contributed by atoms with Crippen LogP contribution in [-0.2, 0) is 9.84 Å². The summed E-state index contributed by atoms with van der Waals surface area (Å²) in [4.78, 5) is 22.3. The lowest BCUT2D eigenvalue weighted by Gasteiger charge is -2.32. The van der Waals surface area contributed by atoms with E-state index in [1.807, 2.05) is 30.3 Å². The molecule has 32 heavy (non-hydrogen) atoms. The maximum absolute atomic E-state index is 13.2. The average molecular weight is 456 g/mol. The number of amides is 1. The van der Waals surface area contributed by atoms with Gasteiger partial charge < -0.3 is 10.1 Å². The zero-order valence-corrected chi connectivity index (χ0v) is 19.1. The minimum absolute atomic E-state index is 0.217. The summed E-state index contributed by atoms with van der Waals surface area (Å²) >= 11 is 0. The number of hydrogen-bond donors (Lipinski definition) is 1. The van der Waals surface area contributed by atoms with Gasteiger partial charge >= 0.3 is 0 Å². The third-order valence-electron chi connectivity index (χ3n) is 6.18. The Morgan fingerprint density at radius 3 is 2.47 bits per heavy atom. The molecule has 1 aromatic heterocycles. The van der Waals surface area contributed by atoms with E-state index in [9.17, 15) is 13.2 Å². The van der Waals surface area contributed by atoms with Crippen molar-refractivity contribution < 1.29 is 17.9 Å². The molecule has 8 heteroatoms. The quantitative estimate of drug-likeness (QED) is 0.634. The van der Waals surface area contributed by atoms with Crippen molar-refractivity contribution in [2.75, 3.05) is 6.26 Å². The van der Waals surface area contributed by atoms with Gasteiger partial charge in [0.15, 0.2) is 9.84 Å². The molecule has 4 rings (SSSR count). The van der Waals surface area contributed by atoms with E-state index in [0.29, 0.717) is 11.6 Å². The minimum atomic E-state index is -3.28. The normalized spacial score (nSPS) is 18.4. The number of sulfone groups is 1. The first-order valence-electron chi connectivity index (χ1n) is 11.2. The summed E-state index contributed by atoms with van der Waals surface area (Å²) in [5, 5.41) is 4.14. The Morgan fingerprint density at radius 2 is 1.84 bits per heavy atom. The second kappa shape index (κ2) is 9.81. The van der Waals surface area contributed by atoms with E-state index >= 15 is 0 Å². The molecule has 0 radical (unpaired) electrons. The molecule has 170 valence electrons. The molecule has 0 bridgehead atoms. The van der Waals surface area contributed by atoms with Gasteiger partial charge in [0.25, 0.3) is 5.91 Å². The molecule has 2 saturated carbocycles. The average Bonchev–Trinajstić information content (AvgIpc) is 3.26. The van der Waals surface area contributed by atoms with Crippen LogP contribution in [0.1, 0.15) is 67.0 Å². The van der Waals surface area contributed by atoms with Gasteiger partial charge in [-0.2, -0.15) is 4.98 Å². The number of carbonyl (C=O) groups excluding carboxylic acids is 1. The number of nitrogens with zero attached hydrogens (tertiary/aromatic N) is 2. The minimum Gasteiger partial charge on any atom is -0.438 e. The lowest BCUT2D eigenvalue weighted by Crippen LogP contribution is -2.42. The van der Waals surface area contributed by atoms with Crippen LogP contribution >= 0.6 is 0 Å². The molecule has 1 atom stereocenters. The van der Waals surface area contributed by atoms with Gasteiger partial charge in [-0.1, -0.05) is 43.5 Å². The number of hydrogen-bond acceptors (Lipinski definition) is 6. The van der Waals surface area contributed by atoms with E-state index in [0.717, 1.165) is 56.6 Å². The monoisotopic (exact) mass is 455 g/mol. The van der Waals surface area contributed by atoms with Crippen molar-refractivity contribution in [1.29, 1.82) is 0 Å². The van der Waals surface area contributed by atoms with Crippen molar-refractivity contribution in [3.63, 3.8) is 0 Å². The van der Waals surface area contributed by atoms with Crippen LogP contribution in [0.4, 0.5) is 0 Å². The van der Waals surface area contributed by atoms with E-state index in [1.54, 1.807) is 6.08 Å². The summed E-state index contributed by atoms with van der Waals surface area (Å²) in [6, 6.07) is 8.86.